The highest BCUT2D eigenvalue weighted by atomic mass is 15.4. The summed E-state index contributed by atoms with van der Waals surface area (Å²) < 4.78 is 0. The Morgan fingerprint density at radius 3 is 0.648 bits per heavy atom. The van der Waals surface area contributed by atoms with E-state index in [-0.39, 0.29) is 0 Å². The van der Waals surface area contributed by atoms with Crippen LogP contribution in [0.1, 0.15) is 303 Å². The lowest BCUT2D eigenvalue weighted by Crippen LogP contribution is -2.39. The third-order valence-corrected chi connectivity index (χ3v) is 12.8. The quantitative estimate of drug-likeness (QED) is 0.0571. The van der Waals surface area contributed by atoms with Crippen molar-refractivity contribution in [1.82, 2.24) is 9.80 Å². The Labute approximate surface area is 343 Å². The van der Waals surface area contributed by atoms with Gasteiger partial charge in [-0.25, -0.2) is 0 Å². The zero-order valence-electron chi connectivity index (χ0n) is 38.2. The Hall–Kier alpha value is -0.660. The van der Waals surface area contributed by atoms with Crippen LogP contribution in [-0.2, 0) is 0 Å². The van der Waals surface area contributed by atoms with Crippen LogP contribution in [0.25, 0.3) is 0 Å². The molecule has 1 aliphatic rings. The van der Waals surface area contributed by atoms with E-state index < -0.39 is 0 Å². The highest BCUT2D eigenvalue weighted by Gasteiger charge is 2.25. The molecule has 0 aromatic rings. The molecule has 322 valence electrons. The summed E-state index contributed by atoms with van der Waals surface area (Å²) in [5.41, 5.74) is 0. The fourth-order valence-corrected chi connectivity index (χ4v) is 9.02. The van der Waals surface area contributed by atoms with Crippen LogP contribution in [0.4, 0.5) is 0 Å². The molecule has 0 saturated heterocycles. The average Bonchev–Trinajstić information content (AvgIpc) is 3.57. The van der Waals surface area contributed by atoms with E-state index in [1.54, 1.807) is 0 Å². The van der Waals surface area contributed by atoms with Gasteiger partial charge in [-0.1, -0.05) is 278 Å². The molecule has 0 spiro atoms. The lowest BCUT2D eigenvalue weighted by Gasteiger charge is -2.33. The van der Waals surface area contributed by atoms with E-state index in [9.17, 15) is 0 Å². The van der Waals surface area contributed by atoms with Gasteiger partial charge in [0.1, 0.15) is 6.17 Å². The molecule has 1 unspecified atom stereocenters. The molecule has 1 atom stereocenters. The Bertz CT molecular complexity index is 717. The van der Waals surface area contributed by atoms with Gasteiger partial charge in [0.2, 0.25) is 0 Å². The highest BCUT2D eigenvalue weighted by molar-refractivity contribution is 4.97. The van der Waals surface area contributed by atoms with E-state index in [0.717, 1.165) is 0 Å². The standard InChI is InChI=1S/C52H104N2/c1-4-7-10-13-16-19-22-25-27-29-31-34-37-40-43-46-49-54-51-50-53(52(54)47-44-41-38-35-32-24-21-18-15-12-9-6-3)48-45-42-39-36-33-30-28-26-23-20-17-14-11-8-5-2/h50-52H,4-49H2,1-3H3. The molecule has 1 aliphatic heterocycles. The molecule has 0 saturated carbocycles. The molecule has 0 N–H and O–H groups in total. The van der Waals surface area contributed by atoms with Crippen LogP contribution in [0.2, 0.25) is 0 Å². The SMILES string of the molecule is CCCCCCCCCCCCCCCCCCN1C=CN(CCCCCCCCCCCCCCCCC)C1CCCCCCCCCCCCCC. The van der Waals surface area contributed by atoms with Crippen molar-refractivity contribution < 1.29 is 0 Å². The van der Waals surface area contributed by atoms with Crippen molar-refractivity contribution in [2.24, 2.45) is 0 Å². The largest absolute Gasteiger partial charge is 0.356 e. The van der Waals surface area contributed by atoms with Crippen molar-refractivity contribution in [1.29, 1.82) is 0 Å². The summed E-state index contributed by atoms with van der Waals surface area (Å²) in [6.45, 7) is 9.50. The summed E-state index contributed by atoms with van der Waals surface area (Å²) in [6.07, 6.45) is 69.3. The van der Waals surface area contributed by atoms with Gasteiger partial charge in [-0.15, -0.1) is 0 Å². The van der Waals surface area contributed by atoms with E-state index >= 15 is 0 Å². The third-order valence-electron chi connectivity index (χ3n) is 12.8. The molecule has 0 aromatic carbocycles. The van der Waals surface area contributed by atoms with Crippen LogP contribution in [0.3, 0.4) is 0 Å². The number of nitrogens with zero attached hydrogens (tertiary/aromatic N) is 2. The Kier molecular flexibility index (Phi) is 41.3. The second-order valence-corrected chi connectivity index (χ2v) is 18.2. The van der Waals surface area contributed by atoms with Crippen molar-refractivity contribution >= 4 is 0 Å². The molecule has 0 aliphatic carbocycles. The summed E-state index contributed by atoms with van der Waals surface area (Å²) in [5.74, 6) is 0. The maximum atomic E-state index is 2.74. The number of unbranched alkanes of at least 4 members (excludes halogenated alkanes) is 40. The lowest BCUT2D eigenvalue weighted by atomic mass is 10.0. The van der Waals surface area contributed by atoms with Crippen molar-refractivity contribution in [3.63, 3.8) is 0 Å². The van der Waals surface area contributed by atoms with Crippen molar-refractivity contribution in [3.05, 3.63) is 12.4 Å². The summed E-state index contributed by atoms with van der Waals surface area (Å²) in [7, 11) is 0. The Morgan fingerprint density at radius 2 is 0.426 bits per heavy atom. The second kappa shape index (κ2) is 43.5. The predicted molar refractivity (Wildman–Crippen MR) is 247 cm³/mol. The molecule has 1 heterocycles. The van der Waals surface area contributed by atoms with Crippen LogP contribution in [0.5, 0.6) is 0 Å². The van der Waals surface area contributed by atoms with Gasteiger partial charge in [-0.2, -0.15) is 0 Å². The molecule has 2 nitrogen and oxygen atoms in total. The maximum Gasteiger partial charge on any atom is 0.101 e. The maximum absolute atomic E-state index is 2.74. The molecule has 0 aromatic heterocycles. The molecule has 0 fully saturated rings. The minimum Gasteiger partial charge on any atom is -0.356 e. The molecule has 0 bridgehead atoms. The lowest BCUT2D eigenvalue weighted by molar-refractivity contribution is 0.135. The minimum absolute atomic E-state index is 0.635. The summed E-state index contributed by atoms with van der Waals surface area (Å²) in [5, 5.41) is 0. The normalized spacial score (nSPS) is 14.3. The van der Waals surface area contributed by atoms with Gasteiger partial charge in [0.15, 0.2) is 0 Å². The van der Waals surface area contributed by atoms with Crippen molar-refractivity contribution in [2.45, 2.75) is 309 Å². The van der Waals surface area contributed by atoms with Crippen LogP contribution >= 0.6 is 0 Å². The van der Waals surface area contributed by atoms with Gasteiger partial charge in [-0.05, 0) is 25.7 Å². The van der Waals surface area contributed by atoms with Gasteiger partial charge in [-0.3, -0.25) is 0 Å². The highest BCUT2D eigenvalue weighted by Crippen LogP contribution is 2.24. The van der Waals surface area contributed by atoms with Crippen LogP contribution in [-0.4, -0.2) is 29.1 Å². The molecule has 1 rings (SSSR count). The van der Waals surface area contributed by atoms with Crippen molar-refractivity contribution in [3.8, 4) is 0 Å². The van der Waals surface area contributed by atoms with Crippen LogP contribution in [0.15, 0.2) is 12.4 Å². The summed E-state index contributed by atoms with van der Waals surface area (Å²) in [6, 6.07) is 0. The number of hydrogen-bond donors (Lipinski definition) is 0. The smallest absolute Gasteiger partial charge is 0.101 e. The monoisotopic (exact) mass is 757 g/mol. The fourth-order valence-electron chi connectivity index (χ4n) is 9.02. The van der Waals surface area contributed by atoms with Crippen molar-refractivity contribution in [2.75, 3.05) is 13.1 Å². The third kappa shape index (κ3) is 34.6. The topological polar surface area (TPSA) is 6.48 Å². The summed E-state index contributed by atoms with van der Waals surface area (Å²) >= 11 is 0. The van der Waals surface area contributed by atoms with E-state index in [1.807, 2.05) is 0 Å². The van der Waals surface area contributed by atoms with E-state index in [0.29, 0.717) is 6.17 Å². The molecular weight excluding hydrogens is 653 g/mol. The zero-order valence-corrected chi connectivity index (χ0v) is 38.2. The first-order valence-corrected chi connectivity index (χ1v) is 26.0. The average molecular weight is 757 g/mol. The Morgan fingerprint density at radius 1 is 0.241 bits per heavy atom. The van der Waals surface area contributed by atoms with Gasteiger partial charge < -0.3 is 9.80 Å². The molecule has 0 radical (unpaired) electrons. The first-order valence-electron chi connectivity index (χ1n) is 26.0. The van der Waals surface area contributed by atoms with E-state index in [4.69, 9.17) is 0 Å². The first-order chi connectivity index (χ1) is 26.8. The van der Waals surface area contributed by atoms with Gasteiger partial charge in [0.25, 0.3) is 0 Å². The number of hydrogen-bond acceptors (Lipinski definition) is 2. The van der Waals surface area contributed by atoms with Crippen LogP contribution in [0, 0.1) is 0 Å². The van der Waals surface area contributed by atoms with Gasteiger partial charge >= 0.3 is 0 Å². The van der Waals surface area contributed by atoms with E-state index in [2.05, 4.69) is 43.0 Å². The molecule has 0 amide bonds. The summed E-state index contributed by atoms with van der Waals surface area (Å²) in [4.78, 5) is 5.49. The molecule has 2 heteroatoms. The van der Waals surface area contributed by atoms with Gasteiger partial charge in [0, 0.05) is 25.5 Å². The number of rotatable bonds is 46. The molecule has 54 heavy (non-hydrogen) atoms. The predicted octanol–water partition coefficient (Wildman–Crippen LogP) is 18.6. The van der Waals surface area contributed by atoms with E-state index in [1.165, 1.54) is 296 Å². The zero-order chi connectivity index (χ0) is 38.7. The molecular formula is C52H104N2. The van der Waals surface area contributed by atoms with Gasteiger partial charge in [0.05, 0.1) is 0 Å². The fraction of sp³-hybridized carbons (Fsp3) is 0.962. The first kappa shape index (κ1) is 51.4. The van der Waals surface area contributed by atoms with Crippen LogP contribution < -0.4 is 0 Å². The second-order valence-electron chi connectivity index (χ2n) is 18.2. The Balaban J connectivity index is 2.18. The minimum atomic E-state index is 0.635.